The lowest BCUT2D eigenvalue weighted by atomic mass is 10.2. The van der Waals surface area contributed by atoms with Crippen molar-refractivity contribution in [1.82, 2.24) is 0 Å². The maximum absolute atomic E-state index is 12.0. The summed E-state index contributed by atoms with van der Waals surface area (Å²) in [5, 5.41) is 3.41. The summed E-state index contributed by atoms with van der Waals surface area (Å²) in [6.45, 7) is 4.49. The zero-order valence-electron chi connectivity index (χ0n) is 12.6. The van der Waals surface area contributed by atoms with Gasteiger partial charge in [-0.1, -0.05) is 29.8 Å². The van der Waals surface area contributed by atoms with E-state index >= 15 is 0 Å². The first-order valence-electron chi connectivity index (χ1n) is 7.06. The third kappa shape index (κ3) is 4.64. The number of ether oxygens (including phenoxy) is 1. The molecule has 0 spiro atoms. The van der Waals surface area contributed by atoms with Gasteiger partial charge in [-0.2, -0.15) is 0 Å². The standard InChI is InChI=1S/C18H18ClNO2/c1-3-22-16-9-5-14(6-10-16)7-11-18(21)20-17-12-15(19)8-4-13(17)2/h4-12H,3H2,1-2H3,(H,20,21). The fraction of sp³-hybridized carbons (Fsp3) is 0.167. The first-order valence-corrected chi connectivity index (χ1v) is 7.44. The largest absolute Gasteiger partial charge is 0.494 e. The fourth-order valence-electron chi connectivity index (χ4n) is 1.92. The number of hydrogen-bond donors (Lipinski definition) is 1. The van der Waals surface area contributed by atoms with Crippen molar-refractivity contribution in [2.75, 3.05) is 11.9 Å². The molecule has 2 rings (SSSR count). The summed E-state index contributed by atoms with van der Waals surface area (Å²) in [4.78, 5) is 12.0. The first-order chi connectivity index (χ1) is 10.6. The van der Waals surface area contributed by atoms with E-state index in [1.54, 1.807) is 18.2 Å². The minimum absolute atomic E-state index is 0.195. The Balaban J connectivity index is 2.00. The van der Waals surface area contributed by atoms with Crippen LogP contribution in [0.3, 0.4) is 0 Å². The highest BCUT2D eigenvalue weighted by Crippen LogP contribution is 2.20. The topological polar surface area (TPSA) is 38.3 Å². The van der Waals surface area contributed by atoms with Crippen LogP contribution in [-0.2, 0) is 4.79 Å². The van der Waals surface area contributed by atoms with Gasteiger partial charge in [0, 0.05) is 16.8 Å². The molecule has 0 saturated carbocycles. The van der Waals surface area contributed by atoms with Crippen molar-refractivity contribution in [2.45, 2.75) is 13.8 Å². The molecule has 0 bridgehead atoms. The normalized spacial score (nSPS) is 10.7. The molecule has 22 heavy (non-hydrogen) atoms. The number of aryl methyl sites for hydroxylation is 1. The van der Waals surface area contributed by atoms with Gasteiger partial charge in [0.25, 0.3) is 0 Å². The second-order valence-electron chi connectivity index (χ2n) is 4.78. The van der Waals surface area contributed by atoms with Gasteiger partial charge in [0.05, 0.1) is 6.61 Å². The SMILES string of the molecule is CCOc1ccc(C=CC(=O)Nc2cc(Cl)ccc2C)cc1. The Hall–Kier alpha value is -2.26. The number of nitrogens with one attached hydrogen (secondary N) is 1. The number of anilines is 1. The summed E-state index contributed by atoms with van der Waals surface area (Å²) in [5.41, 5.74) is 2.61. The summed E-state index contributed by atoms with van der Waals surface area (Å²) in [7, 11) is 0. The van der Waals surface area contributed by atoms with Crippen LogP contribution in [0.25, 0.3) is 6.08 Å². The van der Waals surface area contributed by atoms with E-state index in [0.717, 1.165) is 16.9 Å². The Morgan fingerprint density at radius 2 is 1.95 bits per heavy atom. The molecule has 0 aliphatic rings. The van der Waals surface area contributed by atoms with Gasteiger partial charge < -0.3 is 10.1 Å². The van der Waals surface area contributed by atoms with E-state index in [2.05, 4.69) is 5.32 Å². The van der Waals surface area contributed by atoms with E-state index in [0.29, 0.717) is 17.3 Å². The van der Waals surface area contributed by atoms with Crippen LogP contribution >= 0.6 is 11.6 Å². The Labute approximate surface area is 135 Å². The predicted molar refractivity (Wildman–Crippen MR) is 91.5 cm³/mol. The molecule has 0 aromatic heterocycles. The van der Waals surface area contributed by atoms with E-state index in [-0.39, 0.29) is 5.91 Å². The van der Waals surface area contributed by atoms with Crippen molar-refractivity contribution >= 4 is 29.3 Å². The van der Waals surface area contributed by atoms with Crippen LogP contribution in [0.1, 0.15) is 18.1 Å². The molecule has 0 atom stereocenters. The summed E-state index contributed by atoms with van der Waals surface area (Å²) in [5.74, 6) is 0.623. The predicted octanol–water partition coefficient (Wildman–Crippen LogP) is 4.70. The van der Waals surface area contributed by atoms with Gasteiger partial charge >= 0.3 is 0 Å². The van der Waals surface area contributed by atoms with Gasteiger partial charge in [-0.05, 0) is 55.3 Å². The molecule has 2 aromatic rings. The number of hydrogen-bond acceptors (Lipinski definition) is 2. The second kappa shape index (κ2) is 7.66. The van der Waals surface area contributed by atoms with Crippen molar-refractivity contribution in [3.05, 3.63) is 64.7 Å². The third-order valence-electron chi connectivity index (χ3n) is 3.08. The molecule has 0 fully saturated rings. The molecular weight excluding hydrogens is 298 g/mol. The zero-order chi connectivity index (χ0) is 15.9. The maximum Gasteiger partial charge on any atom is 0.248 e. The van der Waals surface area contributed by atoms with Crippen LogP contribution in [0.5, 0.6) is 5.75 Å². The van der Waals surface area contributed by atoms with Crippen LogP contribution in [0.15, 0.2) is 48.5 Å². The molecule has 0 aliphatic heterocycles. The fourth-order valence-corrected chi connectivity index (χ4v) is 2.09. The molecule has 0 radical (unpaired) electrons. The molecular formula is C18H18ClNO2. The van der Waals surface area contributed by atoms with Crippen LogP contribution in [0.2, 0.25) is 5.02 Å². The Kier molecular flexibility index (Phi) is 5.61. The average molecular weight is 316 g/mol. The van der Waals surface area contributed by atoms with Crippen LogP contribution in [-0.4, -0.2) is 12.5 Å². The van der Waals surface area contributed by atoms with Gasteiger partial charge in [-0.25, -0.2) is 0 Å². The van der Waals surface area contributed by atoms with Crippen molar-refractivity contribution in [3.63, 3.8) is 0 Å². The highest BCUT2D eigenvalue weighted by atomic mass is 35.5. The molecule has 1 amide bonds. The van der Waals surface area contributed by atoms with Crippen LogP contribution < -0.4 is 10.1 Å². The third-order valence-corrected chi connectivity index (χ3v) is 3.31. The lowest BCUT2D eigenvalue weighted by molar-refractivity contribution is -0.111. The van der Waals surface area contributed by atoms with E-state index < -0.39 is 0 Å². The summed E-state index contributed by atoms with van der Waals surface area (Å²) in [6, 6.07) is 13.0. The molecule has 0 aliphatic carbocycles. The Morgan fingerprint density at radius 1 is 1.23 bits per heavy atom. The lowest BCUT2D eigenvalue weighted by Gasteiger charge is -2.06. The molecule has 0 saturated heterocycles. The van der Waals surface area contributed by atoms with Crippen molar-refractivity contribution < 1.29 is 9.53 Å². The van der Waals surface area contributed by atoms with Gasteiger partial charge in [-0.15, -0.1) is 0 Å². The number of benzene rings is 2. The van der Waals surface area contributed by atoms with E-state index in [4.69, 9.17) is 16.3 Å². The smallest absolute Gasteiger partial charge is 0.248 e. The Morgan fingerprint density at radius 3 is 2.64 bits per heavy atom. The van der Waals surface area contributed by atoms with E-state index in [1.807, 2.05) is 44.2 Å². The quantitative estimate of drug-likeness (QED) is 0.812. The van der Waals surface area contributed by atoms with Crippen LogP contribution in [0.4, 0.5) is 5.69 Å². The van der Waals surface area contributed by atoms with Gasteiger partial charge in [0.15, 0.2) is 0 Å². The van der Waals surface area contributed by atoms with Gasteiger partial charge in [-0.3, -0.25) is 4.79 Å². The molecule has 2 aromatic carbocycles. The highest BCUT2D eigenvalue weighted by Gasteiger charge is 2.02. The average Bonchev–Trinajstić information content (AvgIpc) is 2.51. The second-order valence-corrected chi connectivity index (χ2v) is 5.22. The van der Waals surface area contributed by atoms with Crippen molar-refractivity contribution in [2.24, 2.45) is 0 Å². The van der Waals surface area contributed by atoms with Gasteiger partial charge in [0.1, 0.15) is 5.75 Å². The number of carbonyl (C=O) groups excluding carboxylic acids is 1. The summed E-state index contributed by atoms with van der Waals surface area (Å²) in [6.07, 6.45) is 3.25. The molecule has 0 heterocycles. The first kappa shape index (κ1) is 16.1. The van der Waals surface area contributed by atoms with Crippen LogP contribution in [0, 0.1) is 6.92 Å². The zero-order valence-corrected chi connectivity index (χ0v) is 13.4. The van der Waals surface area contributed by atoms with E-state index in [9.17, 15) is 4.79 Å². The number of amides is 1. The highest BCUT2D eigenvalue weighted by molar-refractivity contribution is 6.31. The summed E-state index contributed by atoms with van der Waals surface area (Å²) < 4.78 is 5.37. The minimum atomic E-state index is -0.195. The number of halogens is 1. The minimum Gasteiger partial charge on any atom is -0.494 e. The van der Waals surface area contributed by atoms with E-state index in [1.165, 1.54) is 6.08 Å². The lowest BCUT2D eigenvalue weighted by Crippen LogP contribution is -2.08. The Bertz CT molecular complexity index is 678. The molecule has 3 nitrogen and oxygen atoms in total. The molecule has 114 valence electrons. The number of carbonyl (C=O) groups is 1. The molecule has 0 unspecified atom stereocenters. The van der Waals surface area contributed by atoms with Gasteiger partial charge in [0.2, 0.25) is 5.91 Å². The van der Waals surface area contributed by atoms with Crippen molar-refractivity contribution in [1.29, 1.82) is 0 Å². The molecule has 1 N–H and O–H groups in total. The summed E-state index contributed by atoms with van der Waals surface area (Å²) >= 11 is 5.93. The number of rotatable bonds is 5. The van der Waals surface area contributed by atoms with Crippen molar-refractivity contribution in [3.8, 4) is 5.75 Å². The maximum atomic E-state index is 12.0. The monoisotopic (exact) mass is 315 g/mol. The molecule has 4 heteroatoms.